The van der Waals surface area contributed by atoms with Crippen LogP contribution in [-0.2, 0) is 9.59 Å². The first-order chi connectivity index (χ1) is 13.2. The van der Waals surface area contributed by atoms with E-state index in [1.54, 1.807) is 26.8 Å². The van der Waals surface area contributed by atoms with Crippen molar-refractivity contribution in [2.75, 3.05) is 5.32 Å². The number of carbonyl (C=O) groups is 3. The molecule has 0 saturated carbocycles. The van der Waals surface area contributed by atoms with Crippen LogP contribution in [0.4, 0.5) is 10.1 Å². The Morgan fingerprint density at radius 2 is 2.00 bits per heavy atom. The molecule has 0 bridgehead atoms. The molecule has 0 spiro atoms. The van der Waals surface area contributed by atoms with Crippen LogP contribution in [0.1, 0.15) is 53.1 Å². The molecule has 7 heteroatoms. The highest BCUT2D eigenvalue weighted by molar-refractivity contribution is 6.34. The molecule has 1 aliphatic heterocycles. The van der Waals surface area contributed by atoms with E-state index >= 15 is 0 Å². The Kier molecular flexibility index (Phi) is 5.18. The van der Waals surface area contributed by atoms with E-state index in [9.17, 15) is 18.8 Å². The van der Waals surface area contributed by atoms with Crippen LogP contribution in [0.3, 0.4) is 0 Å². The SMILES string of the molecule is CC(=O)CC(C)NC(=O)c1c(C)[nH]c(/C=C2\C(=O)Nc3ccc(F)cc32)c1C. The maximum atomic E-state index is 13.6. The van der Waals surface area contributed by atoms with Gasteiger partial charge in [-0.1, -0.05) is 0 Å². The first kappa shape index (κ1) is 19.5. The van der Waals surface area contributed by atoms with E-state index in [0.717, 1.165) is 0 Å². The van der Waals surface area contributed by atoms with Crippen molar-refractivity contribution in [2.24, 2.45) is 0 Å². The zero-order valence-corrected chi connectivity index (χ0v) is 16.2. The summed E-state index contributed by atoms with van der Waals surface area (Å²) in [6, 6.07) is 3.83. The number of H-pyrrole nitrogens is 1. The minimum atomic E-state index is -0.430. The number of aromatic amines is 1. The molecule has 2 amide bonds. The van der Waals surface area contributed by atoms with Crippen molar-refractivity contribution in [3.05, 3.63) is 52.1 Å². The Morgan fingerprint density at radius 3 is 2.68 bits per heavy atom. The van der Waals surface area contributed by atoms with Gasteiger partial charge in [0.15, 0.2) is 0 Å². The Morgan fingerprint density at radius 1 is 1.29 bits per heavy atom. The van der Waals surface area contributed by atoms with E-state index in [-0.39, 0.29) is 30.1 Å². The van der Waals surface area contributed by atoms with Crippen LogP contribution in [0, 0.1) is 19.7 Å². The number of rotatable bonds is 5. The number of Topliss-reactive ketones (excluding diaryl/α,β-unsaturated/α-hetero) is 1. The predicted molar refractivity (Wildman–Crippen MR) is 105 cm³/mol. The minimum absolute atomic E-state index is 0.00104. The second kappa shape index (κ2) is 7.42. The Labute approximate surface area is 162 Å². The number of benzene rings is 1. The summed E-state index contributed by atoms with van der Waals surface area (Å²) in [5.74, 6) is -1.04. The maximum absolute atomic E-state index is 13.6. The highest BCUT2D eigenvalue weighted by Gasteiger charge is 2.26. The van der Waals surface area contributed by atoms with Gasteiger partial charge in [-0.05, 0) is 57.5 Å². The lowest BCUT2D eigenvalue weighted by Gasteiger charge is -2.12. The van der Waals surface area contributed by atoms with Gasteiger partial charge >= 0.3 is 0 Å². The summed E-state index contributed by atoms with van der Waals surface area (Å²) in [6.07, 6.45) is 1.88. The van der Waals surface area contributed by atoms with Gasteiger partial charge in [-0.15, -0.1) is 0 Å². The lowest BCUT2D eigenvalue weighted by molar-refractivity contribution is -0.117. The van der Waals surface area contributed by atoms with Gasteiger partial charge < -0.3 is 15.6 Å². The van der Waals surface area contributed by atoms with Gasteiger partial charge in [0.2, 0.25) is 0 Å². The monoisotopic (exact) mass is 383 g/mol. The molecule has 28 heavy (non-hydrogen) atoms. The number of carbonyl (C=O) groups excluding carboxylic acids is 3. The summed E-state index contributed by atoms with van der Waals surface area (Å²) < 4.78 is 13.6. The van der Waals surface area contributed by atoms with Crippen LogP contribution in [0.2, 0.25) is 0 Å². The number of hydrogen-bond acceptors (Lipinski definition) is 3. The highest BCUT2D eigenvalue weighted by atomic mass is 19.1. The van der Waals surface area contributed by atoms with Crippen molar-refractivity contribution in [3.8, 4) is 0 Å². The van der Waals surface area contributed by atoms with Crippen LogP contribution in [0.25, 0.3) is 11.6 Å². The van der Waals surface area contributed by atoms with Gasteiger partial charge in [0, 0.05) is 35.1 Å². The third-order valence-electron chi connectivity index (χ3n) is 4.73. The predicted octanol–water partition coefficient (Wildman–Crippen LogP) is 3.36. The van der Waals surface area contributed by atoms with Crippen molar-refractivity contribution in [1.82, 2.24) is 10.3 Å². The molecule has 2 heterocycles. The van der Waals surface area contributed by atoms with Crippen molar-refractivity contribution < 1.29 is 18.8 Å². The number of amides is 2. The quantitative estimate of drug-likeness (QED) is 0.692. The molecule has 1 aromatic heterocycles. The zero-order valence-electron chi connectivity index (χ0n) is 16.2. The smallest absolute Gasteiger partial charge is 0.256 e. The normalized spacial score (nSPS) is 15.3. The summed E-state index contributed by atoms with van der Waals surface area (Å²) >= 11 is 0. The number of aromatic nitrogens is 1. The molecule has 3 rings (SSSR count). The number of ketones is 1. The standard InChI is InChI=1S/C21H22FN3O3/c1-10(7-11(2)26)23-21(28)19-12(3)18(24-13(19)4)9-16-15-8-14(22)5-6-17(15)25-20(16)27/h5-6,8-10,24H,7H2,1-4H3,(H,23,28)(H,25,27)/b16-9-. The third kappa shape index (κ3) is 3.74. The summed E-state index contributed by atoms with van der Waals surface area (Å²) in [5.41, 5.74) is 3.76. The fraction of sp³-hybridized carbons (Fsp3) is 0.286. The topological polar surface area (TPSA) is 91.1 Å². The highest BCUT2D eigenvalue weighted by Crippen LogP contribution is 2.34. The summed E-state index contributed by atoms with van der Waals surface area (Å²) in [7, 11) is 0. The minimum Gasteiger partial charge on any atom is -0.358 e. The van der Waals surface area contributed by atoms with Crippen molar-refractivity contribution in [2.45, 2.75) is 40.2 Å². The largest absolute Gasteiger partial charge is 0.358 e. The Balaban J connectivity index is 1.94. The maximum Gasteiger partial charge on any atom is 0.256 e. The number of fused-ring (bicyclic) bond motifs is 1. The number of halogens is 1. The molecular weight excluding hydrogens is 361 g/mol. The molecule has 1 aromatic carbocycles. The van der Waals surface area contributed by atoms with E-state index in [2.05, 4.69) is 15.6 Å². The number of hydrogen-bond donors (Lipinski definition) is 3. The van der Waals surface area contributed by atoms with E-state index in [4.69, 9.17) is 0 Å². The van der Waals surface area contributed by atoms with Crippen molar-refractivity contribution in [1.29, 1.82) is 0 Å². The molecule has 1 unspecified atom stereocenters. The zero-order chi connectivity index (χ0) is 20.6. The summed E-state index contributed by atoms with van der Waals surface area (Å²) in [6.45, 7) is 6.79. The van der Waals surface area contributed by atoms with Gasteiger partial charge in [0.1, 0.15) is 11.6 Å². The molecular formula is C21H22FN3O3. The van der Waals surface area contributed by atoms with Crippen LogP contribution in [0.5, 0.6) is 0 Å². The first-order valence-corrected chi connectivity index (χ1v) is 8.99. The van der Waals surface area contributed by atoms with Gasteiger partial charge in [-0.3, -0.25) is 14.4 Å². The van der Waals surface area contributed by atoms with Crippen molar-refractivity contribution in [3.63, 3.8) is 0 Å². The fourth-order valence-corrected chi connectivity index (χ4v) is 3.49. The van der Waals surface area contributed by atoms with E-state index in [0.29, 0.717) is 39.3 Å². The van der Waals surface area contributed by atoms with Crippen molar-refractivity contribution >= 4 is 34.9 Å². The second-order valence-corrected chi connectivity index (χ2v) is 7.15. The number of anilines is 1. The van der Waals surface area contributed by atoms with E-state index in [1.807, 2.05) is 0 Å². The fourth-order valence-electron chi connectivity index (χ4n) is 3.49. The lowest BCUT2D eigenvalue weighted by Crippen LogP contribution is -2.34. The van der Waals surface area contributed by atoms with Crippen LogP contribution in [0.15, 0.2) is 18.2 Å². The summed E-state index contributed by atoms with van der Waals surface area (Å²) in [4.78, 5) is 39.3. The van der Waals surface area contributed by atoms with Gasteiger partial charge in [-0.2, -0.15) is 0 Å². The molecule has 0 radical (unpaired) electrons. The van der Waals surface area contributed by atoms with Gasteiger partial charge in [0.05, 0.1) is 11.1 Å². The molecule has 0 saturated heterocycles. The molecule has 1 atom stereocenters. The number of aryl methyl sites for hydroxylation is 1. The summed E-state index contributed by atoms with van der Waals surface area (Å²) in [5, 5.41) is 5.52. The molecule has 0 fully saturated rings. The first-order valence-electron chi connectivity index (χ1n) is 8.99. The molecule has 1 aliphatic rings. The average molecular weight is 383 g/mol. The number of nitrogens with one attached hydrogen (secondary N) is 3. The third-order valence-corrected chi connectivity index (χ3v) is 4.73. The van der Waals surface area contributed by atoms with Crippen LogP contribution < -0.4 is 10.6 Å². The van der Waals surface area contributed by atoms with Gasteiger partial charge in [0.25, 0.3) is 11.8 Å². The molecule has 146 valence electrons. The Bertz CT molecular complexity index is 1020. The van der Waals surface area contributed by atoms with Gasteiger partial charge in [-0.25, -0.2) is 4.39 Å². The second-order valence-electron chi connectivity index (χ2n) is 7.15. The molecule has 2 aromatic rings. The van der Waals surface area contributed by atoms with E-state index in [1.165, 1.54) is 25.1 Å². The van der Waals surface area contributed by atoms with E-state index < -0.39 is 5.82 Å². The lowest BCUT2D eigenvalue weighted by atomic mass is 10.0. The average Bonchev–Trinajstić information content (AvgIpc) is 3.03. The molecule has 3 N–H and O–H groups in total. The van der Waals surface area contributed by atoms with Crippen LogP contribution in [-0.4, -0.2) is 28.6 Å². The Hall–Kier alpha value is -3.22. The molecule has 0 aliphatic carbocycles. The van der Waals surface area contributed by atoms with Crippen LogP contribution >= 0.6 is 0 Å². The molecule has 6 nitrogen and oxygen atoms in total.